The number of nitrogens with zero attached hydrogens (tertiary/aromatic N) is 3. The van der Waals surface area contributed by atoms with Crippen molar-refractivity contribution in [3.8, 4) is 5.69 Å². The number of benzene rings is 1. The summed E-state index contributed by atoms with van der Waals surface area (Å²) < 4.78 is 1.71. The highest BCUT2D eigenvalue weighted by atomic mass is 35.5. The van der Waals surface area contributed by atoms with Crippen molar-refractivity contribution < 1.29 is 5.11 Å². The molecule has 0 spiro atoms. The van der Waals surface area contributed by atoms with Crippen molar-refractivity contribution >= 4 is 11.6 Å². The van der Waals surface area contributed by atoms with Gasteiger partial charge in [0.1, 0.15) is 12.7 Å². The van der Waals surface area contributed by atoms with Crippen LogP contribution in [0.15, 0.2) is 30.9 Å². The van der Waals surface area contributed by atoms with Gasteiger partial charge in [-0.1, -0.05) is 17.7 Å². The number of aliphatic hydroxyl groups is 1. The summed E-state index contributed by atoms with van der Waals surface area (Å²) in [5.74, 6) is 0. The van der Waals surface area contributed by atoms with E-state index in [0.717, 1.165) is 30.6 Å². The highest BCUT2D eigenvalue weighted by Crippen LogP contribution is 2.22. The van der Waals surface area contributed by atoms with Crippen LogP contribution in [0.5, 0.6) is 0 Å². The molecule has 1 saturated carbocycles. The van der Waals surface area contributed by atoms with Crippen LogP contribution >= 0.6 is 11.6 Å². The summed E-state index contributed by atoms with van der Waals surface area (Å²) in [6.07, 6.45) is 4.67. The van der Waals surface area contributed by atoms with Crippen molar-refractivity contribution in [3.05, 3.63) is 41.4 Å². The predicted molar refractivity (Wildman–Crippen MR) is 72.2 cm³/mol. The minimum atomic E-state index is -0.141. The summed E-state index contributed by atoms with van der Waals surface area (Å²) in [4.78, 5) is 3.96. The smallest absolute Gasteiger partial charge is 0.138 e. The van der Waals surface area contributed by atoms with E-state index in [1.54, 1.807) is 11.0 Å². The average Bonchev–Trinajstić information content (AvgIpc) is 2.88. The lowest BCUT2D eigenvalue weighted by Crippen LogP contribution is -2.43. The zero-order chi connectivity index (χ0) is 13.2. The molecule has 0 aliphatic heterocycles. The molecule has 1 aromatic heterocycles. The number of rotatable bonds is 4. The minimum absolute atomic E-state index is 0.141. The fraction of sp³-hybridized carbons (Fsp3) is 0.385. The molecule has 5 nitrogen and oxygen atoms in total. The minimum Gasteiger partial charge on any atom is -0.393 e. The molecule has 100 valence electrons. The largest absolute Gasteiger partial charge is 0.393 e. The first-order valence-electron chi connectivity index (χ1n) is 6.27. The maximum atomic E-state index is 9.28. The molecular weight excluding hydrogens is 264 g/mol. The average molecular weight is 279 g/mol. The number of halogens is 1. The van der Waals surface area contributed by atoms with Gasteiger partial charge in [0.15, 0.2) is 0 Å². The van der Waals surface area contributed by atoms with Gasteiger partial charge < -0.3 is 10.4 Å². The van der Waals surface area contributed by atoms with Crippen LogP contribution in [0.25, 0.3) is 5.69 Å². The Hall–Kier alpha value is -1.43. The molecule has 1 aliphatic carbocycles. The molecule has 0 saturated heterocycles. The third-order valence-electron chi connectivity index (χ3n) is 3.41. The molecule has 1 fully saturated rings. The number of hydrogen-bond acceptors (Lipinski definition) is 4. The molecular formula is C13H15ClN4O. The Kier molecular flexibility index (Phi) is 3.50. The summed E-state index contributed by atoms with van der Waals surface area (Å²) in [7, 11) is 0. The topological polar surface area (TPSA) is 63.0 Å². The fourth-order valence-electron chi connectivity index (χ4n) is 2.24. The molecule has 1 heterocycles. The van der Waals surface area contributed by atoms with Gasteiger partial charge in [0, 0.05) is 17.6 Å². The standard InChI is InChI=1S/C13H15ClN4O/c14-10-2-1-9(6-16-11-4-12(19)5-11)13(3-10)18-8-15-7-17-18/h1-3,7-8,11-12,16,19H,4-6H2. The molecule has 0 atom stereocenters. The van der Waals surface area contributed by atoms with Crippen molar-refractivity contribution in [3.63, 3.8) is 0 Å². The number of hydrogen-bond donors (Lipinski definition) is 2. The monoisotopic (exact) mass is 278 g/mol. The van der Waals surface area contributed by atoms with Gasteiger partial charge in [-0.05, 0) is 30.5 Å². The molecule has 0 unspecified atom stereocenters. The third kappa shape index (κ3) is 2.78. The highest BCUT2D eigenvalue weighted by molar-refractivity contribution is 6.30. The Balaban J connectivity index is 1.76. The Morgan fingerprint density at radius 1 is 1.42 bits per heavy atom. The Labute approximate surface area is 116 Å². The molecule has 2 aromatic rings. The second-order valence-corrected chi connectivity index (χ2v) is 5.25. The maximum Gasteiger partial charge on any atom is 0.138 e. The second-order valence-electron chi connectivity index (χ2n) is 4.82. The fourth-order valence-corrected chi connectivity index (χ4v) is 2.41. The van der Waals surface area contributed by atoms with Gasteiger partial charge in [-0.25, -0.2) is 9.67 Å². The number of aliphatic hydroxyl groups excluding tert-OH is 1. The van der Waals surface area contributed by atoms with E-state index in [1.165, 1.54) is 6.33 Å². The van der Waals surface area contributed by atoms with E-state index >= 15 is 0 Å². The number of nitrogens with one attached hydrogen (secondary N) is 1. The summed E-state index contributed by atoms with van der Waals surface area (Å²) in [6.45, 7) is 0.726. The zero-order valence-electron chi connectivity index (χ0n) is 10.3. The Bertz CT molecular complexity index is 552. The maximum absolute atomic E-state index is 9.28. The van der Waals surface area contributed by atoms with Gasteiger partial charge in [0.25, 0.3) is 0 Å². The van der Waals surface area contributed by atoms with Crippen LogP contribution in [-0.4, -0.2) is 32.0 Å². The van der Waals surface area contributed by atoms with Gasteiger partial charge in [0.05, 0.1) is 11.8 Å². The van der Waals surface area contributed by atoms with Gasteiger partial charge in [-0.3, -0.25) is 0 Å². The van der Waals surface area contributed by atoms with Crippen molar-refractivity contribution in [1.82, 2.24) is 20.1 Å². The summed E-state index contributed by atoms with van der Waals surface area (Å²) in [5.41, 5.74) is 2.04. The van der Waals surface area contributed by atoms with Crippen LogP contribution in [0.3, 0.4) is 0 Å². The van der Waals surface area contributed by atoms with Crippen LogP contribution in [0.2, 0.25) is 5.02 Å². The van der Waals surface area contributed by atoms with E-state index in [-0.39, 0.29) is 6.10 Å². The van der Waals surface area contributed by atoms with Crippen LogP contribution in [0, 0.1) is 0 Å². The Morgan fingerprint density at radius 2 is 2.26 bits per heavy atom. The van der Waals surface area contributed by atoms with E-state index in [2.05, 4.69) is 15.4 Å². The van der Waals surface area contributed by atoms with Crippen molar-refractivity contribution in [1.29, 1.82) is 0 Å². The van der Waals surface area contributed by atoms with E-state index in [9.17, 15) is 5.11 Å². The van der Waals surface area contributed by atoms with Crippen LogP contribution in [-0.2, 0) is 6.54 Å². The molecule has 6 heteroatoms. The molecule has 0 radical (unpaired) electrons. The zero-order valence-corrected chi connectivity index (χ0v) is 11.1. The van der Waals surface area contributed by atoms with Gasteiger partial charge in [-0.2, -0.15) is 5.10 Å². The normalized spacial score (nSPS) is 22.2. The van der Waals surface area contributed by atoms with Gasteiger partial charge in [-0.15, -0.1) is 0 Å². The van der Waals surface area contributed by atoms with E-state index < -0.39 is 0 Å². The lowest BCUT2D eigenvalue weighted by molar-refractivity contribution is 0.0619. The third-order valence-corrected chi connectivity index (χ3v) is 3.64. The van der Waals surface area contributed by atoms with Crippen LogP contribution < -0.4 is 5.32 Å². The van der Waals surface area contributed by atoms with Crippen LogP contribution in [0.4, 0.5) is 0 Å². The van der Waals surface area contributed by atoms with Crippen molar-refractivity contribution in [2.75, 3.05) is 0 Å². The quantitative estimate of drug-likeness (QED) is 0.890. The van der Waals surface area contributed by atoms with Crippen molar-refractivity contribution in [2.45, 2.75) is 31.5 Å². The highest BCUT2D eigenvalue weighted by Gasteiger charge is 2.26. The lowest BCUT2D eigenvalue weighted by atomic mass is 9.89. The molecule has 1 aromatic carbocycles. The summed E-state index contributed by atoms with van der Waals surface area (Å²) >= 11 is 6.04. The van der Waals surface area contributed by atoms with E-state index in [0.29, 0.717) is 11.1 Å². The first-order chi connectivity index (χ1) is 9.22. The summed E-state index contributed by atoms with van der Waals surface area (Å²) in [6, 6.07) is 6.13. The van der Waals surface area contributed by atoms with Crippen LogP contribution in [0.1, 0.15) is 18.4 Å². The molecule has 0 bridgehead atoms. The van der Waals surface area contributed by atoms with E-state index in [1.807, 2.05) is 18.2 Å². The van der Waals surface area contributed by atoms with Crippen molar-refractivity contribution in [2.24, 2.45) is 0 Å². The second kappa shape index (κ2) is 5.28. The summed E-state index contributed by atoms with van der Waals surface area (Å²) in [5, 5.41) is 17.5. The number of aromatic nitrogens is 3. The molecule has 2 N–H and O–H groups in total. The SMILES string of the molecule is OC1CC(NCc2ccc(Cl)cc2-n2cncn2)C1. The molecule has 0 amide bonds. The molecule has 1 aliphatic rings. The Morgan fingerprint density at radius 3 is 2.95 bits per heavy atom. The molecule has 19 heavy (non-hydrogen) atoms. The van der Waals surface area contributed by atoms with E-state index in [4.69, 9.17) is 11.6 Å². The van der Waals surface area contributed by atoms with Gasteiger partial charge in [0.2, 0.25) is 0 Å². The predicted octanol–water partition coefficient (Wildman–Crippen LogP) is 1.53. The molecule has 3 rings (SSSR count). The first kappa shape index (κ1) is 12.6. The lowest BCUT2D eigenvalue weighted by Gasteiger charge is -2.32. The first-order valence-corrected chi connectivity index (χ1v) is 6.65. The van der Waals surface area contributed by atoms with Gasteiger partial charge >= 0.3 is 0 Å².